The lowest BCUT2D eigenvalue weighted by Crippen LogP contribution is -2.14. The van der Waals surface area contributed by atoms with Gasteiger partial charge in [0.05, 0.1) is 23.0 Å². The largest absolute Gasteiger partial charge is 0.397 e. The fraction of sp³-hybridized carbons (Fsp3) is 0.0667. The first-order chi connectivity index (χ1) is 10.1. The summed E-state index contributed by atoms with van der Waals surface area (Å²) in [6.45, 7) is 0. The zero-order valence-corrected chi connectivity index (χ0v) is 12.9. The molecule has 0 radical (unpaired) electrons. The Labute approximate surface area is 129 Å². The number of nitrogens with one attached hydrogen (secondary N) is 1. The van der Waals surface area contributed by atoms with Crippen LogP contribution in [-0.2, 0) is 7.05 Å². The van der Waals surface area contributed by atoms with Gasteiger partial charge in [-0.05, 0) is 46.3 Å². The summed E-state index contributed by atoms with van der Waals surface area (Å²) >= 11 is 3.32. The van der Waals surface area contributed by atoms with Crippen molar-refractivity contribution in [1.29, 1.82) is 0 Å². The lowest BCUT2D eigenvalue weighted by molar-refractivity contribution is 0.102. The van der Waals surface area contributed by atoms with E-state index in [1.807, 2.05) is 25.2 Å². The van der Waals surface area contributed by atoms with E-state index < -0.39 is 0 Å². The van der Waals surface area contributed by atoms with Crippen LogP contribution in [0.1, 0.15) is 10.4 Å². The Morgan fingerprint density at radius 1 is 1.33 bits per heavy atom. The molecular weight excluding hydrogens is 332 g/mol. The predicted molar refractivity (Wildman–Crippen MR) is 87.2 cm³/mol. The van der Waals surface area contributed by atoms with Crippen LogP contribution < -0.4 is 11.1 Å². The Morgan fingerprint density at radius 2 is 2.14 bits per heavy atom. The normalized spacial score (nSPS) is 10.8. The maximum absolute atomic E-state index is 12.3. The van der Waals surface area contributed by atoms with Crippen LogP contribution in [0.15, 0.2) is 47.1 Å². The molecule has 0 bridgehead atoms. The number of carbonyl (C=O) groups is 1. The second-order valence-electron chi connectivity index (χ2n) is 4.70. The van der Waals surface area contributed by atoms with Gasteiger partial charge in [-0.25, -0.2) is 0 Å². The van der Waals surface area contributed by atoms with E-state index in [-0.39, 0.29) is 5.91 Å². The van der Waals surface area contributed by atoms with Gasteiger partial charge in [-0.15, -0.1) is 0 Å². The van der Waals surface area contributed by atoms with Crippen LogP contribution in [0.3, 0.4) is 0 Å². The van der Waals surface area contributed by atoms with E-state index in [1.54, 1.807) is 29.1 Å². The average molecular weight is 345 g/mol. The molecule has 3 aromatic rings. The van der Waals surface area contributed by atoms with Gasteiger partial charge in [0.25, 0.3) is 5.91 Å². The molecule has 0 aliphatic heterocycles. The zero-order valence-electron chi connectivity index (χ0n) is 11.3. The second-order valence-corrected chi connectivity index (χ2v) is 5.55. The smallest absolute Gasteiger partial charge is 0.257 e. The highest BCUT2D eigenvalue weighted by molar-refractivity contribution is 9.10. The molecule has 0 aliphatic rings. The van der Waals surface area contributed by atoms with E-state index in [9.17, 15) is 4.79 Å². The summed E-state index contributed by atoms with van der Waals surface area (Å²) in [5.41, 5.74) is 8.44. The highest BCUT2D eigenvalue weighted by Gasteiger charge is 2.12. The van der Waals surface area contributed by atoms with Gasteiger partial charge in [0.2, 0.25) is 0 Å². The molecule has 3 N–H and O–H groups in total. The number of hydrogen-bond donors (Lipinski definition) is 2. The Balaban J connectivity index is 1.92. The van der Waals surface area contributed by atoms with Crippen molar-refractivity contribution >= 4 is 44.1 Å². The van der Waals surface area contributed by atoms with Gasteiger partial charge in [0.15, 0.2) is 0 Å². The van der Waals surface area contributed by atoms with Crippen LogP contribution in [0.5, 0.6) is 0 Å². The van der Waals surface area contributed by atoms with Crippen LogP contribution in [0.25, 0.3) is 10.9 Å². The van der Waals surface area contributed by atoms with Gasteiger partial charge in [-0.2, -0.15) is 5.10 Å². The van der Waals surface area contributed by atoms with Crippen LogP contribution in [0, 0.1) is 0 Å². The van der Waals surface area contributed by atoms with Gasteiger partial charge in [-0.3, -0.25) is 9.48 Å². The van der Waals surface area contributed by atoms with E-state index in [4.69, 9.17) is 5.73 Å². The molecule has 0 saturated heterocycles. The van der Waals surface area contributed by atoms with Gasteiger partial charge >= 0.3 is 0 Å². The number of fused-ring (bicyclic) bond motifs is 1. The summed E-state index contributed by atoms with van der Waals surface area (Å²) in [5.74, 6) is -0.240. The Hall–Kier alpha value is -2.34. The van der Waals surface area contributed by atoms with Crippen LogP contribution >= 0.6 is 15.9 Å². The Morgan fingerprint density at radius 3 is 2.95 bits per heavy atom. The third-order valence-electron chi connectivity index (χ3n) is 3.30. The number of halogens is 1. The quantitative estimate of drug-likeness (QED) is 0.701. The highest BCUT2D eigenvalue weighted by Crippen LogP contribution is 2.24. The van der Waals surface area contributed by atoms with Crippen molar-refractivity contribution in [1.82, 2.24) is 9.78 Å². The lowest BCUT2D eigenvalue weighted by atomic mass is 10.1. The third kappa shape index (κ3) is 2.50. The highest BCUT2D eigenvalue weighted by atomic mass is 79.9. The molecule has 21 heavy (non-hydrogen) atoms. The van der Waals surface area contributed by atoms with Crippen molar-refractivity contribution in [2.45, 2.75) is 0 Å². The number of benzene rings is 2. The van der Waals surface area contributed by atoms with Crippen LogP contribution in [0.2, 0.25) is 0 Å². The number of aryl methyl sites for hydroxylation is 1. The molecule has 0 saturated carbocycles. The molecule has 3 rings (SSSR count). The number of hydrogen-bond acceptors (Lipinski definition) is 3. The zero-order chi connectivity index (χ0) is 15.0. The number of amides is 1. The monoisotopic (exact) mass is 344 g/mol. The molecule has 6 heteroatoms. The molecule has 0 aliphatic carbocycles. The minimum atomic E-state index is -0.240. The molecule has 106 valence electrons. The molecule has 0 fully saturated rings. The molecule has 0 spiro atoms. The molecule has 1 heterocycles. The first-order valence-corrected chi connectivity index (χ1v) is 7.12. The summed E-state index contributed by atoms with van der Waals surface area (Å²) in [5, 5.41) is 8.06. The van der Waals surface area contributed by atoms with E-state index in [1.165, 1.54) is 0 Å². The van der Waals surface area contributed by atoms with Gasteiger partial charge in [0.1, 0.15) is 0 Å². The minimum Gasteiger partial charge on any atom is -0.397 e. The number of rotatable bonds is 2. The summed E-state index contributed by atoms with van der Waals surface area (Å²) < 4.78 is 2.47. The molecule has 2 aromatic carbocycles. The molecule has 0 atom stereocenters. The fourth-order valence-corrected chi connectivity index (χ4v) is 2.52. The van der Waals surface area contributed by atoms with E-state index in [0.717, 1.165) is 10.9 Å². The molecule has 5 nitrogen and oxygen atoms in total. The Bertz CT molecular complexity index is 841. The fourth-order valence-electron chi connectivity index (χ4n) is 2.16. The lowest BCUT2D eigenvalue weighted by Gasteiger charge is -2.09. The average Bonchev–Trinajstić information content (AvgIpc) is 2.83. The summed E-state index contributed by atoms with van der Waals surface area (Å²) in [6, 6.07) is 10.9. The first kappa shape index (κ1) is 13.6. The summed E-state index contributed by atoms with van der Waals surface area (Å²) in [7, 11) is 1.86. The predicted octanol–water partition coefficient (Wildman–Crippen LogP) is 3.17. The number of para-hydroxylation sites is 1. The van der Waals surface area contributed by atoms with Crippen molar-refractivity contribution in [3.05, 3.63) is 52.6 Å². The van der Waals surface area contributed by atoms with Crippen LogP contribution in [0.4, 0.5) is 11.4 Å². The van der Waals surface area contributed by atoms with Gasteiger partial charge in [-0.1, -0.05) is 6.07 Å². The molecule has 1 aromatic heterocycles. The van der Waals surface area contributed by atoms with Crippen LogP contribution in [-0.4, -0.2) is 15.7 Å². The number of anilines is 2. The van der Waals surface area contributed by atoms with E-state index in [2.05, 4.69) is 26.3 Å². The number of nitrogens with zero attached hydrogens (tertiary/aromatic N) is 2. The van der Waals surface area contributed by atoms with E-state index >= 15 is 0 Å². The maximum Gasteiger partial charge on any atom is 0.257 e. The third-order valence-corrected chi connectivity index (χ3v) is 4.00. The minimum absolute atomic E-state index is 0.240. The van der Waals surface area contributed by atoms with Crippen molar-refractivity contribution in [2.75, 3.05) is 11.1 Å². The number of carbonyl (C=O) groups excluding carboxylic acids is 1. The van der Waals surface area contributed by atoms with E-state index in [0.29, 0.717) is 21.4 Å². The SMILES string of the molecule is Cn1ncc2ccc(NC(=O)c3cccc(Br)c3N)cc21. The number of aromatic nitrogens is 2. The summed E-state index contributed by atoms with van der Waals surface area (Å²) in [4.78, 5) is 12.3. The standard InChI is InChI=1S/C15H13BrN4O/c1-20-13-7-10(6-5-9(13)8-18-20)19-15(21)11-3-2-4-12(16)14(11)17/h2-8H,17H2,1H3,(H,19,21). The maximum atomic E-state index is 12.3. The van der Waals surface area contributed by atoms with Crippen molar-refractivity contribution in [3.63, 3.8) is 0 Å². The summed E-state index contributed by atoms with van der Waals surface area (Å²) in [6.07, 6.45) is 1.78. The van der Waals surface area contributed by atoms with Gasteiger partial charge < -0.3 is 11.1 Å². The van der Waals surface area contributed by atoms with Crippen molar-refractivity contribution < 1.29 is 4.79 Å². The number of nitrogens with two attached hydrogens (primary N) is 1. The molecular formula is C15H13BrN4O. The van der Waals surface area contributed by atoms with Crippen molar-refractivity contribution in [2.24, 2.45) is 7.05 Å². The van der Waals surface area contributed by atoms with Crippen molar-refractivity contribution in [3.8, 4) is 0 Å². The first-order valence-electron chi connectivity index (χ1n) is 6.33. The number of nitrogen functional groups attached to an aromatic ring is 1. The Kier molecular flexibility index (Phi) is 3.39. The topological polar surface area (TPSA) is 72.9 Å². The van der Waals surface area contributed by atoms with Gasteiger partial charge in [0, 0.05) is 22.6 Å². The second kappa shape index (κ2) is 5.21. The molecule has 0 unspecified atom stereocenters. The molecule has 1 amide bonds.